The molecule has 2 fully saturated rings. The van der Waals surface area contributed by atoms with E-state index in [2.05, 4.69) is 11.8 Å². The number of hydrogen-bond donors (Lipinski definition) is 0. The van der Waals surface area contributed by atoms with E-state index in [0.717, 1.165) is 18.5 Å². The summed E-state index contributed by atoms with van der Waals surface area (Å²) in [6.45, 7) is 5.12. The third-order valence-corrected chi connectivity index (χ3v) is 9.59. The van der Waals surface area contributed by atoms with E-state index in [1.54, 1.807) is 29.2 Å². The van der Waals surface area contributed by atoms with Crippen molar-refractivity contribution in [1.29, 1.82) is 0 Å². The van der Waals surface area contributed by atoms with Crippen LogP contribution in [0.4, 0.5) is 5.69 Å². The van der Waals surface area contributed by atoms with Gasteiger partial charge in [0.05, 0.1) is 0 Å². The van der Waals surface area contributed by atoms with Crippen molar-refractivity contribution in [3.63, 3.8) is 0 Å². The van der Waals surface area contributed by atoms with Crippen LogP contribution in [0.2, 0.25) is 5.02 Å². The van der Waals surface area contributed by atoms with Crippen LogP contribution in [0.1, 0.15) is 19.8 Å². The quantitative estimate of drug-likeness (QED) is 0.493. The number of halogens is 1. The van der Waals surface area contributed by atoms with E-state index in [-0.39, 0.29) is 22.9 Å². The van der Waals surface area contributed by atoms with Crippen LogP contribution in [0.15, 0.2) is 64.4 Å². The molecule has 2 aromatic carbocycles. The highest BCUT2D eigenvalue weighted by atomic mass is 35.5. The molecule has 0 radical (unpaired) electrons. The Balaban J connectivity index is 1.39. The number of sulfonamides is 1. The number of rotatable bonds is 5. The van der Waals surface area contributed by atoms with E-state index in [4.69, 9.17) is 11.6 Å². The predicted molar refractivity (Wildman–Crippen MR) is 146 cm³/mol. The Morgan fingerprint density at radius 1 is 0.946 bits per heavy atom. The lowest BCUT2D eigenvalue weighted by Gasteiger charge is -2.36. The number of piperazine rings is 1. The third-order valence-electron chi connectivity index (χ3n) is 7.43. The fourth-order valence-corrected chi connectivity index (χ4v) is 7.00. The number of carbonyl (C=O) groups excluding carboxylic acids is 1. The van der Waals surface area contributed by atoms with E-state index in [9.17, 15) is 18.0 Å². The third kappa shape index (κ3) is 5.26. The lowest BCUT2D eigenvalue weighted by Crippen LogP contribution is -2.50. The van der Waals surface area contributed by atoms with Gasteiger partial charge in [-0.25, -0.2) is 8.42 Å². The molecule has 196 valence electrons. The number of piperidine rings is 1. The summed E-state index contributed by atoms with van der Waals surface area (Å²) in [6.07, 6.45) is 2.96. The van der Waals surface area contributed by atoms with Crippen molar-refractivity contribution in [2.24, 2.45) is 5.92 Å². The van der Waals surface area contributed by atoms with Crippen molar-refractivity contribution in [3.8, 4) is 0 Å². The summed E-state index contributed by atoms with van der Waals surface area (Å²) in [4.78, 5) is 30.5. The van der Waals surface area contributed by atoms with Gasteiger partial charge >= 0.3 is 0 Å². The number of amides is 1. The Labute approximate surface area is 222 Å². The highest BCUT2D eigenvalue weighted by Gasteiger charge is 2.31. The standard InChI is InChI=1S/C27H31ClN4O4S/c1-20-9-11-32(12-10-20)37(35,36)25-18-31(27(34)24-8-3-2-7-23(24)25)19-26(33)30-15-13-29(14-16-30)22-6-4-5-21(28)17-22/h2-8,17-18,20H,9-16,19H2,1H3. The van der Waals surface area contributed by atoms with Crippen LogP contribution in [-0.2, 0) is 21.4 Å². The first-order valence-corrected chi connectivity index (χ1v) is 14.5. The van der Waals surface area contributed by atoms with E-state index < -0.39 is 10.0 Å². The molecular weight excluding hydrogens is 512 g/mol. The summed E-state index contributed by atoms with van der Waals surface area (Å²) in [6, 6.07) is 14.3. The van der Waals surface area contributed by atoms with Gasteiger partial charge in [0.1, 0.15) is 11.4 Å². The molecule has 3 aromatic rings. The van der Waals surface area contributed by atoms with Crippen LogP contribution in [0.25, 0.3) is 10.8 Å². The van der Waals surface area contributed by atoms with Gasteiger partial charge in [-0.2, -0.15) is 4.31 Å². The summed E-state index contributed by atoms with van der Waals surface area (Å²) in [5.74, 6) is 0.271. The molecule has 1 aromatic heterocycles. The lowest BCUT2D eigenvalue weighted by atomic mass is 10.0. The molecule has 1 amide bonds. The molecule has 0 unspecified atom stereocenters. The molecule has 0 N–H and O–H groups in total. The van der Waals surface area contributed by atoms with Gasteiger partial charge in [-0.3, -0.25) is 9.59 Å². The monoisotopic (exact) mass is 542 g/mol. The molecule has 10 heteroatoms. The van der Waals surface area contributed by atoms with Crippen molar-refractivity contribution in [2.45, 2.75) is 31.2 Å². The fourth-order valence-electron chi connectivity index (χ4n) is 5.13. The van der Waals surface area contributed by atoms with Crippen LogP contribution in [0.3, 0.4) is 0 Å². The van der Waals surface area contributed by atoms with Gasteiger partial charge in [0.2, 0.25) is 15.9 Å². The van der Waals surface area contributed by atoms with Crippen LogP contribution in [0.5, 0.6) is 0 Å². The van der Waals surface area contributed by atoms with Gasteiger partial charge in [0, 0.05) is 66.9 Å². The average molecular weight is 543 g/mol. The zero-order valence-electron chi connectivity index (χ0n) is 20.8. The Kier molecular flexibility index (Phi) is 7.29. The first-order valence-electron chi connectivity index (χ1n) is 12.6. The van der Waals surface area contributed by atoms with Crippen LogP contribution >= 0.6 is 11.6 Å². The highest BCUT2D eigenvalue weighted by Crippen LogP contribution is 2.28. The maximum Gasteiger partial charge on any atom is 0.258 e. The molecule has 5 rings (SSSR count). The Morgan fingerprint density at radius 3 is 2.30 bits per heavy atom. The molecule has 0 spiro atoms. The molecule has 2 aliphatic rings. The Bertz CT molecular complexity index is 1470. The van der Waals surface area contributed by atoms with E-state index in [0.29, 0.717) is 61.0 Å². The first kappa shape index (κ1) is 25.8. The van der Waals surface area contributed by atoms with Crippen molar-refractivity contribution >= 4 is 44.0 Å². The second kappa shape index (κ2) is 10.5. The van der Waals surface area contributed by atoms with Crippen LogP contribution in [-0.4, -0.2) is 67.4 Å². The van der Waals surface area contributed by atoms with Crippen LogP contribution < -0.4 is 10.5 Å². The normalized spacial score (nSPS) is 17.9. The summed E-state index contributed by atoms with van der Waals surface area (Å²) in [5, 5.41) is 1.36. The number of hydrogen-bond acceptors (Lipinski definition) is 5. The van der Waals surface area contributed by atoms with Crippen molar-refractivity contribution < 1.29 is 13.2 Å². The number of anilines is 1. The number of pyridine rings is 1. The zero-order chi connectivity index (χ0) is 26.2. The summed E-state index contributed by atoms with van der Waals surface area (Å²) in [7, 11) is -3.82. The van der Waals surface area contributed by atoms with E-state index in [1.807, 2.05) is 24.3 Å². The summed E-state index contributed by atoms with van der Waals surface area (Å²) < 4.78 is 30.1. The van der Waals surface area contributed by atoms with E-state index in [1.165, 1.54) is 15.1 Å². The number of aromatic nitrogens is 1. The molecule has 8 nitrogen and oxygen atoms in total. The summed E-state index contributed by atoms with van der Waals surface area (Å²) in [5.41, 5.74) is 0.639. The average Bonchev–Trinajstić information content (AvgIpc) is 2.90. The molecule has 2 aliphatic heterocycles. The Hall–Kier alpha value is -2.88. The van der Waals surface area contributed by atoms with Crippen molar-refractivity contribution in [3.05, 3.63) is 70.1 Å². The van der Waals surface area contributed by atoms with Crippen molar-refractivity contribution in [2.75, 3.05) is 44.2 Å². The summed E-state index contributed by atoms with van der Waals surface area (Å²) >= 11 is 6.12. The lowest BCUT2D eigenvalue weighted by molar-refractivity contribution is -0.132. The maximum atomic E-state index is 13.7. The smallest absolute Gasteiger partial charge is 0.258 e. The largest absolute Gasteiger partial charge is 0.368 e. The molecule has 3 heterocycles. The van der Waals surface area contributed by atoms with Crippen LogP contribution in [0, 0.1) is 5.92 Å². The number of benzene rings is 2. The molecule has 0 bridgehead atoms. The molecule has 0 saturated carbocycles. The minimum Gasteiger partial charge on any atom is -0.368 e. The first-order chi connectivity index (χ1) is 17.7. The number of carbonyl (C=O) groups is 1. The molecule has 2 saturated heterocycles. The van der Waals surface area contributed by atoms with E-state index >= 15 is 0 Å². The van der Waals surface area contributed by atoms with Gasteiger partial charge in [-0.05, 0) is 43.0 Å². The molecule has 37 heavy (non-hydrogen) atoms. The maximum absolute atomic E-state index is 13.7. The molecule has 0 atom stereocenters. The van der Waals surface area contributed by atoms with Crippen molar-refractivity contribution in [1.82, 2.24) is 13.8 Å². The van der Waals surface area contributed by atoms with Gasteiger partial charge in [0.15, 0.2) is 0 Å². The molecule has 0 aliphatic carbocycles. The van der Waals surface area contributed by atoms with Gasteiger partial charge in [-0.1, -0.05) is 42.8 Å². The second-order valence-electron chi connectivity index (χ2n) is 9.91. The Morgan fingerprint density at radius 2 is 1.62 bits per heavy atom. The predicted octanol–water partition coefficient (Wildman–Crippen LogP) is 3.42. The van der Waals surface area contributed by atoms with Gasteiger partial charge in [0.25, 0.3) is 5.56 Å². The number of nitrogens with zero attached hydrogens (tertiary/aromatic N) is 4. The topological polar surface area (TPSA) is 82.9 Å². The SMILES string of the molecule is CC1CCN(S(=O)(=O)c2cn(CC(=O)N3CCN(c4cccc(Cl)c4)CC3)c(=O)c3ccccc23)CC1. The second-order valence-corrected chi connectivity index (χ2v) is 12.2. The van der Waals surface area contributed by atoms with Gasteiger partial charge in [-0.15, -0.1) is 0 Å². The minimum absolute atomic E-state index is 0.0795. The highest BCUT2D eigenvalue weighted by molar-refractivity contribution is 7.89. The zero-order valence-corrected chi connectivity index (χ0v) is 22.4. The fraction of sp³-hybridized carbons (Fsp3) is 0.407. The van der Waals surface area contributed by atoms with Gasteiger partial charge < -0.3 is 14.4 Å². The number of fused-ring (bicyclic) bond motifs is 1. The molecular formula is C27H31ClN4O4S. The minimum atomic E-state index is -3.82.